The zero-order valence-corrected chi connectivity index (χ0v) is 19.3. The molecule has 3 unspecified atom stereocenters. The smallest absolute Gasteiger partial charge is 0.309 e. The van der Waals surface area contributed by atoms with Gasteiger partial charge in [-0.15, -0.1) is 0 Å². The van der Waals surface area contributed by atoms with Crippen molar-refractivity contribution in [3.63, 3.8) is 0 Å². The van der Waals surface area contributed by atoms with E-state index in [4.69, 9.17) is 13.7 Å². The molecule has 0 spiro atoms. The summed E-state index contributed by atoms with van der Waals surface area (Å²) >= 11 is 0. The standard InChI is InChI=1S/C25H30O6S/c1-29-21-14-12-20(13-15-21)22(16-17-31-32(2,27)28)23-10-6-7-11-24(23)25(26)30-18-19-8-4-3-5-9-19/h3-6,8-10,12-15,22-24H,7,11,16-18H2,1-2H3. The molecule has 3 rings (SSSR count). The van der Waals surface area contributed by atoms with Crippen molar-refractivity contribution in [3.05, 3.63) is 77.9 Å². The second-order valence-corrected chi connectivity index (χ2v) is 9.62. The summed E-state index contributed by atoms with van der Waals surface area (Å²) in [6.07, 6.45) is 7.13. The topological polar surface area (TPSA) is 78.9 Å². The molecule has 0 heterocycles. The fourth-order valence-corrected chi connectivity index (χ4v) is 4.54. The Kier molecular flexibility index (Phi) is 8.47. The summed E-state index contributed by atoms with van der Waals surface area (Å²) in [5.74, 6) is -0.0326. The third-order valence-corrected chi connectivity index (χ3v) is 6.32. The maximum Gasteiger partial charge on any atom is 0.309 e. The highest BCUT2D eigenvalue weighted by Crippen LogP contribution is 2.40. The van der Waals surface area contributed by atoms with E-state index in [-0.39, 0.29) is 36.9 Å². The van der Waals surface area contributed by atoms with E-state index < -0.39 is 10.1 Å². The van der Waals surface area contributed by atoms with Crippen molar-refractivity contribution in [2.24, 2.45) is 11.8 Å². The largest absolute Gasteiger partial charge is 0.497 e. The predicted octanol–water partition coefficient (Wildman–Crippen LogP) is 4.47. The van der Waals surface area contributed by atoms with Crippen LogP contribution in [0.5, 0.6) is 5.75 Å². The normalized spacial score (nSPS) is 19.3. The molecule has 0 fully saturated rings. The SMILES string of the molecule is COc1ccc(C(CCOS(C)(=O)=O)C2C=CCCC2C(=O)OCc2ccccc2)cc1. The first kappa shape index (κ1) is 24.0. The average molecular weight is 459 g/mol. The Hall–Kier alpha value is -2.64. The third-order valence-electron chi connectivity index (χ3n) is 5.73. The van der Waals surface area contributed by atoms with Gasteiger partial charge >= 0.3 is 5.97 Å². The van der Waals surface area contributed by atoms with Gasteiger partial charge in [0.05, 0.1) is 25.9 Å². The molecule has 0 bridgehead atoms. The molecule has 0 aromatic heterocycles. The van der Waals surface area contributed by atoms with Gasteiger partial charge in [-0.2, -0.15) is 8.42 Å². The van der Waals surface area contributed by atoms with Crippen LogP contribution in [0.25, 0.3) is 0 Å². The maximum absolute atomic E-state index is 13.0. The van der Waals surface area contributed by atoms with Gasteiger partial charge in [0.15, 0.2) is 0 Å². The van der Waals surface area contributed by atoms with Crippen LogP contribution in [0, 0.1) is 11.8 Å². The number of allylic oxidation sites excluding steroid dienone is 2. The quantitative estimate of drug-likeness (QED) is 0.297. The van der Waals surface area contributed by atoms with Crippen LogP contribution in [0.2, 0.25) is 0 Å². The van der Waals surface area contributed by atoms with E-state index in [2.05, 4.69) is 12.2 Å². The summed E-state index contributed by atoms with van der Waals surface area (Å²) in [7, 11) is -1.94. The number of ether oxygens (including phenoxy) is 2. The van der Waals surface area contributed by atoms with Crippen molar-refractivity contribution in [1.82, 2.24) is 0 Å². The van der Waals surface area contributed by atoms with Gasteiger partial charge in [-0.05, 0) is 54.4 Å². The maximum atomic E-state index is 13.0. The third kappa shape index (κ3) is 6.93. The van der Waals surface area contributed by atoms with E-state index >= 15 is 0 Å². The van der Waals surface area contributed by atoms with Gasteiger partial charge in [-0.3, -0.25) is 8.98 Å². The first-order chi connectivity index (χ1) is 15.4. The van der Waals surface area contributed by atoms with Crippen LogP contribution in [-0.2, 0) is 30.4 Å². The molecule has 0 aliphatic heterocycles. The van der Waals surface area contributed by atoms with Gasteiger partial charge in [0.25, 0.3) is 10.1 Å². The molecule has 32 heavy (non-hydrogen) atoms. The highest BCUT2D eigenvalue weighted by Gasteiger charge is 2.35. The fraction of sp³-hybridized carbons (Fsp3) is 0.400. The first-order valence-corrected chi connectivity index (χ1v) is 12.5. The molecule has 7 heteroatoms. The molecule has 6 nitrogen and oxygen atoms in total. The number of esters is 1. The summed E-state index contributed by atoms with van der Waals surface area (Å²) in [4.78, 5) is 13.0. The summed E-state index contributed by atoms with van der Waals surface area (Å²) in [5.41, 5.74) is 1.94. The molecule has 3 atom stereocenters. The Balaban J connectivity index is 1.79. The predicted molar refractivity (Wildman–Crippen MR) is 123 cm³/mol. The minimum atomic E-state index is -3.54. The minimum Gasteiger partial charge on any atom is -0.497 e. The van der Waals surface area contributed by atoms with Gasteiger partial charge < -0.3 is 9.47 Å². The van der Waals surface area contributed by atoms with E-state index in [0.717, 1.165) is 29.6 Å². The van der Waals surface area contributed by atoms with Crippen LogP contribution >= 0.6 is 0 Å². The molecule has 0 N–H and O–H groups in total. The Morgan fingerprint density at radius 3 is 2.47 bits per heavy atom. The van der Waals surface area contributed by atoms with Crippen LogP contribution in [0.4, 0.5) is 0 Å². The second kappa shape index (κ2) is 11.3. The number of methoxy groups -OCH3 is 1. The molecule has 0 saturated carbocycles. The number of carbonyl (C=O) groups excluding carboxylic acids is 1. The molecule has 2 aromatic carbocycles. The molecule has 1 aliphatic carbocycles. The average Bonchev–Trinajstić information content (AvgIpc) is 2.80. The van der Waals surface area contributed by atoms with Crippen LogP contribution < -0.4 is 4.74 Å². The molecular formula is C25H30O6S. The lowest BCUT2D eigenvalue weighted by Gasteiger charge is -2.33. The first-order valence-electron chi connectivity index (χ1n) is 10.7. The lowest BCUT2D eigenvalue weighted by Crippen LogP contribution is -2.31. The molecule has 172 valence electrons. The fourth-order valence-electron chi connectivity index (χ4n) is 4.14. The van der Waals surface area contributed by atoms with E-state index in [1.54, 1.807) is 7.11 Å². The highest BCUT2D eigenvalue weighted by molar-refractivity contribution is 7.85. The minimum absolute atomic E-state index is 0.0473. The summed E-state index contributed by atoms with van der Waals surface area (Å²) in [5, 5.41) is 0. The Morgan fingerprint density at radius 2 is 1.81 bits per heavy atom. The van der Waals surface area contributed by atoms with E-state index in [1.165, 1.54) is 0 Å². The molecule has 1 aliphatic rings. The number of carbonyl (C=O) groups is 1. The molecule has 0 radical (unpaired) electrons. The zero-order valence-electron chi connectivity index (χ0n) is 18.5. The van der Waals surface area contributed by atoms with Crippen LogP contribution in [0.15, 0.2) is 66.7 Å². The van der Waals surface area contributed by atoms with Crippen molar-refractivity contribution in [1.29, 1.82) is 0 Å². The molecular weight excluding hydrogens is 428 g/mol. The van der Waals surface area contributed by atoms with Crippen molar-refractivity contribution < 1.29 is 26.9 Å². The van der Waals surface area contributed by atoms with Crippen LogP contribution in [-0.4, -0.2) is 34.4 Å². The molecule has 0 amide bonds. The Morgan fingerprint density at radius 1 is 1.09 bits per heavy atom. The number of hydrogen-bond acceptors (Lipinski definition) is 6. The lowest BCUT2D eigenvalue weighted by molar-refractivity contribution is -0.152. The Labute approximate surface area is 190 Å². The van der Waals surface area contributed by atoms with Gasteiger partial charge in [-0.1, -0.05) is 54.6 Å². The summed E-state index contributed by atoms with van der Waals surface area (Å²) < 4.78 is 38.9. The number of hydrogen-bond donors (Lipinski definition) is 0. The Bertz CT molecular complexity index is 998. The van der Waals surface area contributed by atoms with E-state index in [0.29, 0.717) is 12.8 Å². The van der Waals surface area contributed by atoms with Crippen molar-refractivity contribution >= 4 is 16.1 Å². The number of rotatable bonds is 10. The zero-order chi connectivity index (χ0) is 23.0. The van der Waals surface area contributed by atoms with E-state index in [9.17, 15) is 13.2 Å². The van der Waals surface area contributed by atoms with Gasteiger partial charge in [0, 0.05) is 0 Å². The highest BCUT2D eigenvalue weighted by atomic mass is 32.2. The summed E-state index contributed by atoms with van der Waals surface area (Å²) in [6, 6.07) is 17.3. The monoisotopic (exact) mass is 458 g/mol. The number of benzene rings is 2. The van der Waals surface area contributed by atoms with Crippen LogP contribution in [0.1, 0.15) is 36.3 Å². The van der Waals surface area contributed by atoms with Gasteiger partial charge in [0.2, 0.25) is 0 Å². The van der Waals surface area contributed by atoms with Gasteiger partial charge in [-0.25, -0.2) is 0 Å². The van der Waals surface area contributed by atoms with Crippen molar-refractivity contribution in [3.8, 4) is 5.75 Å². The van der Waals surface area contributed by atoms with Crippen molar-refractivity contribution in [2.75, 3.05) is 20.0 Å². The summed E-state index contributed by atoms with van der Waals surface area (Å²) in [6.45, 7) is 0.280. The molecule has 2 aromatic rings. The lowest BCUT2D eigenvalue weighted by atomic mass is 9.72. The van der Waals surface area contributed by atoms with Gasteiger partial charge in [0.1, 0.15) is 12.4 Å². The molecule has 0 saturated heterocycles. The van der Waals surface area contributed by atoms with Crippen LogP contribution in [0.3, 0.4) is 0 Å². The van der Waals surface area contributed by atoms with E-state index in [1.807, 2.05) is 54.6 Å². The van der Waals surface area contributed by atoms with Crippen molar-refractivity contribution in [2.45, 2.75) is 31.8 Å². The second-order valence-electron chi connectivity index (χ2n) is 7.98.